The minimum absolute atomic E-state index is 0.286. The molecule has 0 atom stereocenters. The van der Waals surface area contributed by atoms with Crippen LogP contribution in [0.4, 0.5) is 11.4 Å². The van der Waals surface area contributed by atoms with Crippen molar-refractivity contribution in [2.75, 3.05) is 11.1 Å². The predicted molar refractivity (Wildman–Crippen MR) is 88.0 cm³/mol. The third-order valence-corrected chi connectivity index (χ3v) is 4.32. The molecular formula is C13H9Cl2IN2O. The summed E-state index contributed by atoms with van der Waals surface area (Å²) in [6.07, 6.45) is 0. The highest BCUT2D eigenvalue weighted by atomic mass is 127. The van der Waals surface area contributed by atoms with E-state index in [0.29, 0.717) is 27.0 Å². The second kappa shape index (κ2) is 5.98. The van der Waals surface area contributed by atoms with E-state index < -0.39 is 0 Å². The Morgan fingerprint density at radius 3 is 2.53 bits per heavy atom. The summed E-state index contributed by atoms with van der Waals surface area (Å²) in [6.45, 7) is 0. The van der Waals surface area contributed by atoms with Gasteiger partial charge in [-0.15, -0.1) is 0 Å². The van der Waals surface area contributed by atoms with Crippen LogP contribution in [0.2, 0.25) is 10.0 Å². The second-order valence-corrected chi connectivity index (χ2v) is 5.80. The van der Waals surface area contributed by atoms with Gasteiger partial charge in [0, 0.05) is 14.8 Å². The molecule has 0 unspecified atom stereocenters. The molecule has 0 aliphatic rings. The van der Waals surface area contributed by atoms with Gasteiger partial charge in [0.15, 0.2) is 0 Å². The van der Waals surface area contributed by atoms with Crippen LogP contribution in [-0.4, -0.2) is 5.91 Å². The van der Waals surface area contributed by atoms with Crippen LogP contribution in [-0.2, 0) is 0 Å². The average molecular weight is 407 g/mol. The lowest BCUT2D eigenvalue weighted by molar-refractivity contribution is 0.102. The Balaban J connectivity index is 2.25. The highest BCUT2D eigenvalue weighted by molar-refractivity contribution is 14.1. The molecule has 3 N–H and O–H groups in total. The summed E-state index contributed by atoms with van der Waals surface area (Å²) in [4.78, 5) is 12.1. The van der Waals surface area contributed by atoms with Crippen molar-refractivity contribution in [2.24, 2.45) is 0 Å². The molecule has 1 amide bonds. The Labute approximate surface area is 134 Å². The van der Waals surface area contributed by atoms with Crippen molar-refractivity contribution in [1.82, 2.24) is 0 Å². The first-order valence-corrected chi connectivity index (χ1v) is 7.12. The number of carbonyl (C=O) groups is 1. The summed E-state index contributed by atoms with van der Waals surface area (Å²) >= 11 is 14.1. The standard InChI is InChI=1S/C13H9Cl2IN2O/c14-9-3-2-8(17)6-12(9)18-13(19)7-1-4-11(16)10(15)5-7/h1-6H,17H2,(H,18,19). The van der Waals surface area contributed by atoms with Gasteiger partial charge in [-0.25, -0.2) is 0 Å². The van der Waals surface area contributed by atoms with Crippen molar-refractivity contribution in [3.8, 4) is 0 Å². The summed E-state index contributed by atoms with van der Waals surface area (Å²) in [7, 11) is 0. The fraction of sp³-hybridized carbons (Fsp3) is 0. The largest absolute Gasteiger partial charge is 0.399 e. The lowest BCUT2D eigenvalue weighted by Crippen LogP contribution is -2.12. The van der Waals surface area contributed by atoms with Crippen LogP contribution in [0.3, 0.4) is 0 Å². The molecule has 0 heterocycles. The Hall–Kier alpha value is -0.980. The predicted octanol–water partition coefficient (Wildman–Crippen LogP) is 4.43. The molecule has 0 spiro atoms. The molecule has 3 nitrogen and oxygen atoms in total. The fourth-order valence-electron chi connectivity index (χ4n) is 1.47. The van der Waals surface area contributed by atoms with Crippen molar-refractivity contribution in [1.29, 1.82) is 0 Å². The number of hydrogen-bond donors (Lipinski definition) is 2. The minimum Gasteiger partial charge on any atom is -0.399 e. The smallest absolute Gasteiger partial charge is 0.255 e. The third-order valence-electron chi connectivity index (χ3n) is 2.42. The number of nitrogens with two attached hydrogens (primary N) is 1. The van der Waals surface area contributed by atoms with Crippen LogP contribution in [0.1, 0.15) is 10.4 Å². The maximum Gasteiger partial charge on any atom is 0.255 e. The summed E-state index contributed by atoms with van der Waals surface area (Å²) in [6, 6.07) is 9.99. The molecule has 2 aromatic carbocycles. The Kier molecular flexibility index (Phi) is 4.54. The van der Waals surface area contributed by atoms with E-state index in [0.717, 1.165) is 3.57 Å². The fourth-order valence-corrected chi connectivity index (χ4v) is 2.15. The molecule has 0 fully saturated rings. The number of carbonyl (C=O) groups excluding carboxylic acids is 1. The van der Waals surface area contributed by atoms with Crippen molar-refractivity contribution < 1.29 is 4.79 Å². The molecule has 0 bridgehead atoms. The highest BCUT2D eigenvalue weighted by Gasteiger charge is 2.10. The summed E-state index contributed by atoms with van der Waals surface area (Å²) in [5.41, 5.74) is 7.12. The van der Waals surface area contributed by atoms with E-state index >= 15 is 0 Å². The van der Waals surface area contributed by atoms with Gasteiger partial charge in [0.05, 0.1) is 15.7 Å². The van der Waals surface area contributed by atoms with E-state index in [1.54, 1.807) is 36.4 Å². The van der Waals surface area contributed by atoms with E-state index in [2.05, 4.69) is 27.9 Å². The van der Waals surface area contributed by atoms with Gasteiger partial charge in [-0.1, -0.05) is 23.2 Å². The number of nitrogen functional groups attached to an aromatic ring is 1. The first-order valence-electron chi connectivity index (χ1n) is 5.29. The molecular weight excluding hydrogens is 398 g/mol. The molecule has 0 saturated carbocycles. The number of benzene rings is 2. The third kappa shape index (κ3) is 3.52. The van der Waals surface area contributed by atoms with Crippen molar-refractivity contribution in [2.45, 2.75) is 0 Å². The number of hydrogen-bond acceptors (Lipinski definition) is 2. The monoisotopic (exact) mass is 406 g/mol. The minimum atomic E-state index is -0.286. The van der Waals surface area contributed by atoms with Crippen LogP contribution in [0.25, 0.3) is 0 Å². The maximum absolute atomic E-state index is 12.1. The molecule has 0 aromatic heterocycles. The average Bonchev–Trinajstić information content (AvgIpc) is 2.37. The molecule has 0 radical (unpaired) electrons. The number of nitrogens with one attached hydrogen (secondary N) is 1. The van der Waals surface area contributed by atoms with Crippen LogP contribution in [0, 0.1) is 3.57 Å². The zero-order chi connectivity index (χ0) is 14.0. The highest BCUT2D eigenvalue weighted by Crippen LogP contribution is 2.25. The van der Waals surface area contributed by atoms with E-state index in [9.17, 15) is 4.79 Å². The number of rotatable bonds is 2. The van der Waals surface area contributed by atoms with Gasteiger partial charge in [-0.05, 0) is 59.0 Å². The SMILES string of the molecule is Nc1ccc(Cl)c(NC(=O)c2ccc(I)c(Cl)c2)c1. The summed E-state index contributed by atoms with van der Waals surface area (Å²) < 4.78 is 0.887. The lowest BCUT2D eigenvalue weighted by Gasteiger charge is -2.08. The number of amides is 1. The van der Waals surface area contributed by atoms with Crippen LogP contribution in [0.15, 0.2) is 36.4 Å². The first-order chi connectivity index (χ1) is 8.97. The zero-order valence-electron chi connectivity index (χ0n) is 9.58. The molecule has 2 aromatic rings. The Morgan fingerprint density at radius 2 is 1.84 bits per heavy atom. The van der Waals surface area contributed by atoms with Crippen LogP contribution < -0.4 is 11.1 Å². The van der Waals surface area contributed by atoms with Gasteiger partial charge in [-0.3, -0.25) is 4.79 Å². The molecule has 2 rings (SSSR count). The zero-order valence-corrected chi connectivity index (χ0v) is 13.3. The van der Waals surface area contributed by atoms with Gasteiger partial charge < -0.3 is 11.1 Å². The lowest BCUT2D eigenvalue weighted by atomic mass is 10.2. The van der Waals surface area contributed by atoms with Gasteiger partial charge in [0.2, 0.25) is 0 Å². The van der Waals surface area contributed by atoms with Crippen LogP contribution in [0.5, 0.6) is 0 Å². The summed E-state index contributed by atoms with van der Waals surface area (Å²) in [5.74, 6) is -0.286. The second-order valence-electron chi connectivity index (χ2n) is 3.82. The molecule has 6 heteroatoms. The number of halogens is 3. The van der Waals surface area contributed by atoms with Gasteiger partial charge in [0.25, 0.3) is 5.91 Å². The van der Waals surface area contributed by atoms with Gasteiger partial charge in [0.1, 0.15) is 0 Å². The normalized spacial score (nSPS) is 10.3. The van der Waals surface area contributed by atoms with E-state index in [4.69, 9.17) is 28.9 Å². The molecule has 0 saturated heterocycles. The molecule has 19 heavy (non-hydrogen) atoms. The van der Waals surface area contributed by atoms with E-state index in [1.165, 1.54) is 0 Å². The van der Waals surface area contributed by atoms with Crippen molar-refractivity contribution in [3.63, 3.8) is 0 Å². The van der Waals surface area contributed by atoms with Gasteiger partial charge in [-0.2, -0.15) is 0 Å². The molecule has 98 valence electrons. The number of anilines is 2. The Bertz CT molecular complexity index is 647. The Morgan fingerprint density at radius 1 is 1.11 bits per heavy atom. The van der Waals surface area contributed by atoms with Gasteiger partial charge >= 0.3 is 0 Å². The topological polar surface area (TPSA) is 55.1 Å². The summed E-state index contributed by atoms with van der Waals surface area (Å²) in [5, 5.41) is 3.67. The quantitative estimate of drug-likeness (QED) is 0.572. The van der Waals surface area contributed by atoms with E-state index in [1.807, 2.05) is 0 Å². The molecule has 0 aliphatic heterocycles. The molecule has 0 aliphatic carbocycles. The van der Waals surface area contributed by atoms with Crippen molar-refractivity contribution >= 4 is 63.1 Å². The van der Waals surface area contributed by atoms with E-state index in [-0.39, 0.29) is 5.91 Å². The van der Waals surface area contributed by atoms with Crippen LogP contribution >= 0.6 is 45.8 Å². The van der Waals surface area contributed by atoms with Crippen molar-refractivity contribution in [3.05, 3.63) is 55.6 Å². The first kappa shape index (κ1) is 14.4. The maximum atomic E-state index is 12.1.